The summed E-state index contributed by atoms with van der Waals surface area (Å²) < 4.78 is 27.2. The number of aromatic amines is 1. The molecule has 3 rings (SSSR count). The zero-order chi connectivity index (χ0) is 13.7. The Hall–Kier alpha value is -1.57. The lowest BCUT2D eigenvalue weighted by atomic mass is 10.2. The molecule has 5 N–H and O–H groups in total. The average molecular weight is 281 g/mol. The smallest absolute Gasteiger partial charge is 0.243 e. The number of benzene rings is 1. The standard InChI is InChI=1S/C12H15N3O3S/c13-8-1-2-9-10(5-8)14-6-11(9)19(17,18)15-12(7-16)3-4-12/h1-2,5-6,14-16H,3-4,7,13H2. The average Bonchev–Trinajstić information content (AvgIpc) is 2.98. The molecule has 0 spiro atoms. The normalized spacial score (nSPS) is 17.7. The fraction of sp³-hybridized carbons (Fsp3) is 0.333. The Morgan fingerprint density at radius 1 is 1.42 bits per heavy atom. The lowest BCUT2D eigenvalue weighted by Gasteiger charge is -2.13. The molecule has 1 aliphatic rings. The first kappa shape index (κ1) is 12.5. The Labute approximate surface area is 110 Å². The molecule has 0 saturated heterocycles. The van der Waals surface area contributed by atoms with E-state index in [0.717, 1.165) is 0 Å². The number of H-pyrrole nitrogens is 1. The van der Waals surface area contributed by atoms with Crippen LogP contribution in [0.2, 0.25) is 0 Å². The quantitative estimate of drug-likeness (QED) is 0.614. The fourth-order valence-corrected chi connectivity index (χ4v) is 3.75. The number of aliphatic hydroxyl groups is 1. The molecule has 0 bridgehead atoms. The minimum Gasteiger partial charge on any atom is -0.399 e. The largest absolute Gasteiger partial charge is 0.399 e. The van der Waals surface area contributed by atoms with Crippen LogP contribution in [-0.2, 0) is 10.0 Å². The second-order valence-electron chi connectivity index (χ2n) is 5.00. The van der Waals surface area contributed by atoms with Crippen LogP contribution in [0, 0.1) is 0 Å². The first-order valence-electron chi connectivity index (χ1n) is 5.97. The second kappa shape index (κ2) is 3.96. The maximum atomic E-state index is 12.3. The van der Waals surface area contributed by atoms with Gasteiger partial charge in [0, 0.05) is 22.8 Å². The van der Waals surface area contributed by atoms with Gasteiger partial charge in [-0.3, -0.25) is 0 Å². The van der Waals surface area contributed by atoms with Gasteiger partial charge in [-0.25, -0.2) is 13.1 Å². The van der Waals surface area contributed by atoms with Gasteiger partial charge in [-0.05, 0) is 31.0 Å². The molecular weight excluding hydrogens is 266 g/mol. The number of rotatable bonds is 4. The van der Waals surface area contributed by atoms with Gasteiger partial charge >= 0.3 is 0 Å². The molecular formula is C12H15N3O3S. The van der Waals surface area contributed by atoms with Crippen molar-refractivity contribution in [3.05, 3.63) is 24.4 Å². The first-order chi connectivity index (χ1) is 8.96. The molecule has 7 heteroatoms. The lowest BCUT2D eigenvalue weighted by Crippen LogP contribution is -2.39. The van der Waals surface area contributed by atoms with Gasteiger partial charge in [0.15, 0.2) is 0 Å². The molecule has 102 valence electrons. The van der Waals surface area contributed by atoms with E-state index in [1.54, 1.807) is 18.2 Å². The summed E-state index contributed by atoms with van der Waals surface area (Å²) >= 11 is 0. The third-order valence-corrected chi connectivity index (χ3v) is 5.08. The molecule has 6 nitrogen and oxygen atoms in total. The van der Waals surface area contributed by atoms with Gasteiger partial charge in [0.1, 0.15) is 4.90 Å². The first-order valence-corrected chi connectivity index (χ1v) is 7.46. The fourth-order valence-electron chi connectivity index (χ4n) is 2.12. The summed E-state index contributed by atoms with van der Waals surface area (Å²) in [7, 11) is -3.65. The molecule has 0 radical (unpaired) electrons. The minimum atomic E-state index is -3.65. The summed E-state index contributed by atoms with van der Waals surface area (Å²) in [5.41, 5.74) is 6.23. The van der Waals surface area contributed by atoms with Crippen LogP contribution in [0.15, 0.2) is 29.3 Å². The van der Waals surface area contributed by atoms with E-state index in [4.69, 9.17) is 5.73 Å². The van der Waals surface area contributed by atoms with Crippen LogP contribution in [0.3, 0.4) is 0 Å². The van der Waals surface area contributed by atoms with Crippen molar-refractivity contribution in [1.82, 2.24) is 9.71 Å². The minimum absolute atomic E-state index is 0.179. The van der Waals surface area contributed by atoms with Crippen molar-refractivity contribution < 1.29 is 13.5 Å². The maximum absolute atomic E-state index is 12.3. The van der Waals surface area contributed by atoms with Gasteiger partial charge in [0.05, 0.1) is 12.1 Å². The Morgan fingerprint density at radius 3 is 2.79 bits per heavy atom. The van der Waals surface area contributed by atoms with Crippen molar-refractivity contribution in [3.8, 4) is 0 Å². The van der Waals surface area contributed by atoms with E-state index < -0.39 is 15.6 Å². The number of nitrogen functional groups attached to an aromatic ring is 1. The lowest BCUT2D eigenvalue weighted by molar-refractivity contribution is 0.246. The van der Waals surface area contributed by atoms with Crippen LogP contribution in [0.5, 0.6) is 0 Å². The van der Waals surface area contributed by atoms with Crippen LogP contribution in [0.4, 0.5) is 5.69 Å². The third kappa shape index (κ3) is 2.09. The van der Waals surface area contributed by atoms with E-state index in [2.05, 4.69) is 9.71 Å². The highest BCUT2D eigenvalue weighted by Crippen LogP contribution is 2.37. The number of aliphatic hydroxyl groups excluding tert-OH is 1. The highest BCUT2D eigenvalue weighted by molar-refractivity contribution is 7.89. The van der Waals surface area contributed by atoms with Gasteiger partial charge in [0.2, 0.25) is 10.0 Å². The Morgan fingerprint density at radius 2 is 2.16 bits per heavy atom. The summed E-state index contributed by atoms with van der Waals surface area (Å²) in [6.07, 6.45) is 2.77. The Balaban J connectivity index is 2.04. The summed E-state index contributed by atoms with van der Waals surface area (Å²) in [5, 5.41) is 9.81. The van der Waals surface area contributed by atoms with Crippen LogP contribution >= 0.6 is 0 Å². The summed E-state index contributed by atoms with van der Waals surface area (Å²) in [6, 6.07) is 5.02. The van der Waals surface area contributed by atoms with E-state index in [0.29, 0.717) is 29.4 Å². The van der Waals surface area contributed by atoms with Gasteiger partial charge in [-0.1, -0.05) is 0 Å². The number of hydrogen-bond donors (Lipinski definition) is 4. The predicted octanol–water partition coefficient (Wildman–Crippen LogP) is 0.553. The second-order valence-corrected chi connectivity index (χ2v) is 6.65. The number of fused-ring (bicyclic) bond motifs is 1. The van der Waals surface area contributed by atoms with Crippen LogP contribution < -0.4 is 10.5 Å². The zero-order valence-corrected chi connectivity index (χ0v) is 11.0. The summed E-state index contributed by atoms with van der Waals surface area (Å²) in [6.45, 7) is -0.179. The van der Waals surface area contributed by atoms with E-state index >= 15 is 0 Å². The number of nitrogens with two attached hydrogens (primary N) is 1. The van der Waals surface area contributed by atoms with Gasteiger partial charge in [0.25, 0.3) is 0 Å². The maximum Gasteiger partial charge on any atom is 0.243 e. The number of anilines is 1. The third-order valence-electron chi connectivity index (χ3n) is 3.46. The molecule has 2 aromatic rings. The summed E-state index contributed by atoms with van der Waals surface area (Å²) in [5.74, 6) is 0. The van der Waals surface area contributed by atoms with Crippen LogP contribution in [0.1, 0.15) is 12.8 Å². The SMILES string of the molecule is Nc1ccc2c(S(=O)(=O)NC3(CO)CC3)c[nH]c2c1. The van der Waals surface area contributed by atoms with Crippen molar-refractivity contribution in [2.45, 2.75) is 23.3 Å². The van der Waals surface area contributed by atoms with E-state index in [-0.39, 0.29) is 11.5 Å². The van der Waals surface area contributed by atoms with Crippen molar-refractivity contribution in [1.29, 1.82) is 0 Å². The molecule has 0 amide bonds. The van der Waals surface area contributed by atoms with Gasteiger partial charge < -0.3 is 15.8 Å². The molecule has 1 heterocycles. The van der Waals surface area contributed by atoms with Gasteiger partial charge in [-0.15, -0.1) is 0 Å². The molecule has 1 fully saturated rings. The molecule has 0 atom stereocenters. The van der Waals surface area contributed by atoms with Crippen molar-refractivity contribution >= 4 is 26.6 Å². The molecule has 0 unspecified atom stereocenters. The highest BCUT2D eigenvalue weighted by Gasteiger charge is 2.45. The molecule has 1 aromatic heterocycles. The predicted molar refractivity (Wildman–Crippen MR) is 72.1 cm³/mol. The van der Waals surface area contributed by atoms with Crippen LogP contribution in [0.25, 0.3) is 10.9 Å². The Kier molecular flexibility index (Phi) is 2.60. The van der Waals surface area contributed by atoms with E-state index in [9.17, 15) is 13.5 Å². The molecule has 19 heavy (non-hydrogen) atoms. The molecule has 1 aliphatic carbocycles. The number of nitrogens with one attached hydrogen (secondary N) is 2. The molecule has 1 aromatic carbocycles. The van der Waals surface area contributed by atoms with Crippen molar-refractivity contribution in [2.75, 3.05) is 12.3 Å². The van der Waals surface area contributed by atoms with E-state index in [1.807, 2.05) is 0 Å². The highest BCUT2D eigenvalue weighted by atomic mass is 32.2. The molecule has 0 aliphatic heterocycles. The monoisotopic (exact) mass is 281 g/mol. The van der Waals surface area contributed by atoms with Gasteiger partial charge in [-0.2, -0.15) is 0 Å². The molecule has 1 saturated carbocycles. The van der Waals surface area contributed by atoms with Crippen molar-refractivity contribution in [2.24, 2.45) is 0 Å². The van der Waals surface area contributed by atoms with Crippen molar-refractivity contribution in [3.63, 3.8) is 0 Å². The van der Waals surface area contributed by atoms with E-state index in [1.165, 1.54) is 6.20 Å². The topological polar surface area (TPSA) is 108 Å². The zero-order valence-electron chi connectivity index (χ0n) is 10.2. The number of hydrogen-bond acceptors (Lipinski definition) is 4. The Bertz CT molecular complexity index is 732. The number of sulfonamides is 1. The summed E-state index contributed by atoms with van der Waals surface area (Å²) in [4.78, 5) is 3.08. The van der Waals surface area contributed by atoms with Crippen LogP contribution in [-0.4, -0.2) is 30.7 Å². The number of aromatic nitrogens is 1.